The van der Waals surface area contributed by atoms with Gasteiger partial charge in [0.1, 0.15) is 6.10 Å². The average molecular weight is 195 g/mol. The zero-order chi connectivity index (χ0) is 9.40. The van der Waals surface area contributed by atoms with Crippen molar-refractivity contribution in [2.75, 3.05) is 13.0 Å². The van der Waals surface area contributed by atoms with Crippen LogP contribution in [-0.4, -0.2) is 25.2 Å². The van der Waals surface area contributed by atoms with Gasteiger partial charge in [0.25, 0.3) is 0 Å². The lowest BCUT2D eigenvalue weighted by Gasteiger charge is -2.12. The number of carbonyl (C=O) groups is 1. The van der Waals surface area contributed by atoms with E-state index in [0.29, 0.717) is 5.88 Å². The number of hydrogen-bond donors (Lipinski definition) is 0. The van der Waals surface area contributed by atoms with E-state index in [1.165, 1.54) is 7.11 Å². The Kier molecular flexibility index (Phi) is 6.96. The fraction of sp³-hybridized carbons (Fsp3) is 0.875. The number of carbonyl (C=O) groups excluding carboxylic acids is 1. The molecule has 0 aliphatic rings. The molecular weight excluding hydrogens is 180 g/mol. The number of unbranched alkanes of at least 4 members (excludes halogenated alkanes) is 1. The summed E-state index contributed by atoms with van der Waals surface area (Å²) in [5, 5.41) is 0. The molecule has 0 rings (SSSR count). The Morgan fingerprint density at radius 2 is 2.25 bits per heavy atom. The van der Waals surface area contributed by atoms with Crippen molar-refractivity contribution in [3.05, 3.63) is 0 Å². The van der Waals surface area contributed by atoms with Gasteiger partial charge in [0.05, 0.1) is 13.0 Å². The Morgan fingerprint density at radius 3 is 2.67 bits per heavy atom. The van der Waals surface area contributed by atoms with Gasteiger partial charge in [0, 0.05) is 0 Å². The molecule has 0 aromatic heterocycles. The maximum Gasteiger partial charge on any atom is 0.508 e. The van der Waals surface area contributed by atoms with E-state index in [1.807, 2.05) is 0 Å². The first-order valence-corrected chi connectivity index (χ1v) is 4.58. The second kappa shape index (κ2) is 7.22. The molecule has 0 aliphatic heterocycles. The molecule has 72 valence electrons. The highest BCUT2D eigenvalue weighted by Crippen LogP contribution is 2.07. The number of ether oxygens (including phenoxy) is 2. The van der Waals surface area contributed by atoms with E-state index in [0.717, 1.165) is 19.3 Å². The van der Waals surface area contributed by atoms with E-state index in [9.17, 15) is 4.79 Å². The predicted molar refractivity (Wildman–Crippen MR) is 47.5 cm³/mol. The standard InChI is InChI=1S/C8H15ClO3/c1-3-4-5-7(6-9)12-8(10)11-2/h7H,3-6H2,1-2H3. The Labute approximate surface area is 78.0 Å². The molecule has 1 atom stereocenters. The summed E-state index contributed by atoms with van der Waals surface area (Å²) < 4.78 is 9.20. The normalized spacial score (nSPS) is 12.2. The summed E-state index contributed by atoms with van der Waals surface area (Å²) in [4.78, 5) is 10.6. The van der Waals surface area contributed by atoms with Gasteiger partial charge in [-0.2, -0.15) is 0 Å². The number of hydrogen-bond acceptors (Lipinski definition) is 3. The molecule has 0 bridgehead atoms. The van der Waals surface area contributed by atoms with Crippen LogP contribution in [0, 0.1) is 0 Å². The van der Waals surface area contributed by atoms with Gasteiger partial charge in [0.15, 0.2) is 0 Å². The van der Waals surface area contributed by atoms with Gasteiger partial charge in [0.2, 0.25) is 0 Å². The van der Waals surface area contributed by atoms with Crippen molar-refractivity contribution in [1.82, 2.24) is 0 Å². The first-order chi connectivity index (χ1) is 5.74. The summed E-state index contributed by atoms with van der Waals surface area (Å²) in [7, 11) is 1.29. The summed E-state index contributed by atoms with van der Waals surface area (Å²) in [6.45, 7) is 2.07. The smallest absolute Gasteiger partial charge is 0.438 e. The van der Waals surface area contributed by atoms with Crippen LogP contribution in [0.2, 0.25) is 0 Å². The van der Waals surface area contributed by atoms with E-state index < -0.39 is 6.16 Å². The van der Waals surface area contributed by atoms with Crippen LogP contribution in [0.15, 0.2) is 0 Å². The van der Waals surface area contributed by atoms with Crippen LogP contribution in [0.4, 0.5) is 4.79 Å². The van der Waals surface area contributed by atoms with Crippen LogP contribution in [0.5, 0.6) is 0 Å². The minimum absolute atomic E-state index is 0.209. The lowest BCUT2D eigenvalue weighted by molar-refractivity contribution is 0.0411. The van der Waals surface area contributed by atoms with Crippen molar-refractivity contribution in [2.45, 2.75) is 32.3 Å². The van der Waals surface area contributed by atoms with Crippen LogP contribution in [0.3, 0.4) is 0 Å². The molecule has 12 heavy (non-hydrogen) atoms. The minimum atomic E-state index is -0.656. The summed E-state index contributed by atoms with van der Waals surface area (Å²) in [5.74, 6) is 0.328. The van der Waals surface area contributed by atoms with Crippen LogP contribution < -0.4 is 0 Å². The number of alkyl halides is 1. The Morgan fingerprint density at radius 1 is 1.58 bits per heavy atom. The number of methoxy groups -OCH3 is 1. The molecule has 0 N–H and O–H groups in total. The van der Waals surface area contributed by atoms with E-state index >= 15 is 0 Å². The molecule has 4 heteroatoms. The molecule has 0 aliphatic carbocycles. The minimum Gasteiger partial charge on any atom is -0.438 e. The van der Waals surface area contributed by atoms with Crippen molar-refractivity contribution in [3.63, 3.8) is 0 Å². The quantitative estimate of drug-likeness (QED) is 0.499. The summed E-state index contributed by atoms with van der Waals surface area (Å²) in [5.41, 5.74) is 0. The Balaban J connectivity index is 3.59. The monoisotopic (exact) mass is 194 g/mol. The van der Waals surface area contributed by atoms with Gasteiger partial charge in [-0.1, -0.05) is 13.3 Å². The maximum absolute atomic E-state index is 10.6. The second-order valence-corrected chi connectivity index (χ2v) is 2.80. The van der Waals surface area contributed by atoms with Crippen molar-refractivity contribution in [3.8, 4) is 0 Å². The summed E-state index contributed by atoms with van der Waals surface area (Å²) in [6.07, 6.45) is 2.01. The molecule has 0 radical (unpaired) electrons. The van der Waals surface area contributed by atoms with Gasteiger partial charge in [-0.3, -0.25) is 0 Å². The zero-order valence-corrected chi connectivity index (χ0v) is 8.26. The molecule has 0 aromatic carbocycles. The highest BCUT2D eigenvalue weighted by atomic mass is 35.5. The van der Waals surface area contributed by atoms with Gasteiger partial charge in [-0.05, 0) is 12.8 Å². The zero-order valence-electron chi connectivity index (χ0n) is 7.51. The topological polar surface area (TPSA) is 35.5 Å². The number of rotatable bonds is 5. The van der Waals surface area contributed by atoms with Gasteiger partial charge >= 0.3 is 6.16 Å². The Hall–Kier alpha value is -0.440. The van der Waals surface area contributed by atoms with E-state index in [4.69, 9.17) is 16.3 Å². The fourth-order valence-corrected chi connectivity index (χ4v) is 1.00. The fourth-order valence-electron chi connectivity index (χ4n) is 0.784. The molecule has 0 fully saturated rings. The second-order valence-electron chi connectivity index (χ2n) is 2.49. The SMILES string of the molecule is CCCCC(CCl)OC(=O)OC. The molecule has 0 heterocycles. The van der Waals surface area contributed by atoms with E-state index in [2.05, 4.69) is 11.7 Å². The van der Waals surface area contributed by atoms with Gasteiger partial charge in [-0.15, -0.1) is 11.6 Å². The lowest BCUT2D eigenvalue weighted by Crippen LogP contribution is -2.19. The van der Waals surface area contributed by atoms with Crippen molar-refractivity contribution in [1.29, 1.82) is 0 Å². The van der Waals surface area contributed by atoms with Crippen LogP contribution in [0.25, 0.3) is 0 Å². The molecule has 0 aromatic rings. The third-order valence-corrected chi connectivity index (χ3v) is 1.83. The van der Waals surface area contributed by atoms with Crippen LogP contribution in [0.1, 0.15) is 26.2 Å². The molecule has 0 spiro atoms. The molecular formula is C8H15ClO3. The third-order valence-electron chi connectivity index (χ3n) is 1.48. The van der Waals surface area contributed by atoms with Crippen molar-refractivity contribution >= 4 is 17.8 Å². The summed E-state index contributed by atoms with van der Waals surface area (Å²) >= 11 is 5.57. The molecule has 1 unspecified atom stereocenters. The van der Waals surface area contributed by atoms with Crippen LogP contribution in [-0.2, 0) is 9.47 Å². The first-order valence-electron chi connectivity index (χ1n) is 4.05. The molecule has 3 nitrogen and oxygen atoms in total. The van der Waals surface area contributed by atoms with Crippen molar-refractivity contribution in [2.24, 2.45) is 0 Å². The third kappa shape index (κ3) is 5.24. The van der Waals surface area contributed by atoms with Crippen molar-refractivity contribution < 1.29 is 14.3 Å². The summed E-state index contributed by atoms with van der Waals surface area (Å²) in [6, 6.07) is 0. The molecule has 0 saturated carbocycles. The number of halogens is 1. The van der Waals surface area contributed by atoms with E-state index in [1.54, 1.807) is 0 Å². The maximum atomic E-state index is 10.6. The average Bonchev–Trinajstić information content (AvgIpc) is 2.11. The van der Waals surface area contributed by atoms with Crippen LogP contribution >= 0.6 is 11.6 Å². The Bertz CT molecular complexity index is 127. The predicted octanol–water partition coefficient (Wildman–Crippen LogP) is 2.57. The largest absolute Gasteiger partial charge is 0.508 e. The highest BCUT2D eigenvalue weighted by molar-refractivity contribution is 6.18. The van der Waals surface area contributed by atoms with Gasteiger partial charge < -0.3 is 9.47 Å². The molecule has 0 saturated heterocycles. The highest BCUT2D eigenvalue weighted by Gasteiger charge is 2.12. The first kappa shape index (κ1) is 11.6. The van der Waals surface area contributed by atoms with Gasteiger partial charge in [-0.25, -0.2) is 4.79 Å². The lowest BCUT2D eigenvalue weighted by atomic mass is 10.2. The van der Waals surface area contributed by atoms with E-state index in [-0.39, 0.29) is 6.10 Å². The molecule has 0 amide bonds.